The van der Waals surface area contributed by atoms with Gasteiger partial charge in [-0.25, -0.2) is 9.40 Å². The number of halogens is 2. The van der Waals surface area contributed by atoms with Crippen LogP contribution < -0.4 is 9.47 Å². The number of rotatable bonds is 3. The van der Waals surface area contributed by atoms with Crippen LogP contribution in [0.5, 0.6) is 11.5 Å². The Bertz CT molecular complexity index is 1100. The fourth-order valence-corrected chi connectivity index (χ4v) is 4.00. The number of nitrogens with zero attached hydrogens (tertiary/aromatic N) is 2. The second-order valence-corrected chi connectivity index (χ2v) is 7.46. The van der Waals surface area contributed by atoms with E-state index in [-0.39, 0.29) is 11.1 Å². The maximum absolute atomic E-state index is 14.1. The molecule has 5 rings (SSSR count). The van der Waals surface area contributed by atoms with Gasteiger partial charge in [-0.3, -0.25) is 0 Å². The van der Waals surface area contributed by atoms with Crippen molar-refractivity contribution < 1.29 is 13.9 Å². The standard InChI is InChI=1S/C23H18ClFN2O2/c1-28-16-9-6-14(7-10-16)20-13-21-17-4-2-3-5-22(17)29-23(27(21)26-20)15-8-11-18(24)19(25)12-15/h2-12,21,23H,13H2,1H3. The molecule has 3 aromatic carbocycles. The number of methoxy groups -OCH3 is 1. The highest BCUT2D eigenvalue weighted by atomic mass is 35.5. The van der Waals surface area contributed by atoms with E-state index >= 15 is 0 Å². The summed E-state index contributed by atoms with van der Waals surface area (Å²) in [6.07, 6.45) is 0.205. The predicted octanol–water partition coefficient (Wildman–Crippen LogP) is 5.73. The van der Waals surface area contributed by atoms with E-state index in [1.165, 1.54) is 6.07 Å². The molecule has 2 atom stereocenters. The Labute approximate surface area is 173 Å². The minimum absolute atomic E-state index is 0.0146. The summed E-state index contributed by atoms with van der Waals surface area (Å²) in [6.45, 7) is 0. The molecule has 6 heteroatoms. The summed E-state index contributed by atoms with van der Waals surface area (Å²) in [5.41, 5.74) is 3.73. The SMILES string of the molecule is COc1ccc(C2=NN3C(C2)c2ccccc2OC3c2ccc(Cl)c(F)c2)cc1. The lowest BCUT2D eigenvalue weighted by atomic mass is 9.96. The van der Waals surface area contributed by atoms with E-state index in [0.29, 0.717) is 5.56 Å². The van der Waals surface area contributed by atoms with Crippen LogP contribution in [0, 0.1) is 5.82 Å². The van der Waals surface area contributed by atoms with Crippen LogP contribution in [0.15, 0.2) is 71.8 Å². The summed E-state index contributed by atoms with van der Waals surface area (Å²) in [5, 5.41) is 6.88. The van der Waals surface area contributed by atoms with E-state index in [9.17, 15) is 4.39 Å². The normalized spacial score (nSPS) is 19.8. The monoisotopic (exact) mass is 408 g/mol. The lowest BCUT2D eigenvalue weighted by Gasteiger charge is -2.38. The van der Waals surface area contributed by atoms with Crippen molar-refractivity contribution in [3.8, 4) is 11.5 Å². The average Bonchev–Trinajstić information content (AvgIpc) is 3.21. The van der Waals surface area contributed by atoms with Gasteiger partial charge in [-0.1, -0.05) is 35.9 Å². The Morgan fingerprint density at radius 3 is 2.66 bits per heavy atom. The first-order chi connectivity index (χ1) is 14.1. The molecule has 2 heterocycles. The van der Waals surface area contributed by atoms with Crippen LogP contribution in [-0.4, -0.2) is 17.8 Å². The van der Waals surface area contributed by atoms with Gasteiger partial charge < -0.3 is 9.47 Å². The highest BCUT2D eigenvalue weighted by Crippen LogP contribution is 2.47. The molecule has 4 nitrogen and oxygen atoms in total. The molecule has 0 aromatic heterocycles. The molecule has 0 radical (unpaired) electrons. The van der Waals surface area contributed by atoms with Crippen molar-refractivity contribution in [3.05, 3.63) is 94.3 Å². The molecule has 146 valence electrons. The lowest BCUT2D eigenvalue weighted by Crippen LogP contribution is -2.33. The van der Waals surface area contributed by atoms with Crippen molar-refractivity contribution in [1.82, 2.24) is 5.01 Å². The smallest absolute Gasteiger partial charge is 0.213 e. The van der Waals surface area contributed by atoms with Crippen LogP contribution >= 0.6 is 11.6 Å². The van der Waals surface area contributed by atoms with Gasteiger partial charge in [-0.15, -0.1) is 0 Å². The van der Waals surface area contributed by atoms with Gasteiger partial charge >= 0.3 is 0 Å². The molecule has 0 saturated carbocycles. The van der Waals surface area contributed by atoms with Gasteiger partial charge in [-0.2, -0.15) is 5.10 Å². The first-order valence-corrected chi connectivity index (χ1v) is 9.72. The zero-order chi connectivity index (χ0) is 20.0. The van der Waals surface area contributed by atoms with E-state index in [4.69, 9.17) is 26.2 Å². The van der Waals surface area contributed by atoms with Crippen LogP contribution in [0.3, 0.4) is 0 Å². The third-order valence-electron chi connectivity index (χ3n) is 5.35. The summed E-state index contributed by atoms with van der Waals surface area (Å²) in [5.74, 6) is 1.12. The summed E-state index contributed by atoms with van der Waals surface area (Å²) in [4.78, 5) is 0. The molecule has 3 aromatic rings. The van der Waals surface area contributed by atoms with Crippen LogP contribution in [0.4, 0.5) is 4.39 Å². The average molecular weight is 409 g/mol. The fraction of sp³-hybridized carbons (Fsp3) is 0.174. The first kappa shape index (κ1) is 18.0. The second kappa shape index (κ2) is 7.08. The molecule has 0 bridgehead atoms. The minimum Gasteiger partial charge on any atom is -0.497 e. The number of hydrogen-bond acceptors (Lipinski definition) is 4. The zero-order valence-electron chi connectivity index (χ0n) is 15.7. The Kier molecular flexibility index (Phi) is 4.40. The zero-order valence-corrected chi connectivity index (χ0v) is 16.4. The van der Waals surface area contributed by atoms with Crippen molar-refractivity contribution >= 4 is 17.3 Å². The van der Waals surface area contributed by atoms with Crippen molar-refractivity contribution in [3.63, 3.8) is 0 Å². The third-order valence-corrected chi connectivity index (χ3v) is 5.66. The molecule has 0 spiro atoms. The highest BCUT2D eigenvalue weighted by molar-refractivity contribution is 6.30. The van der Waals surface area contributed by atoms with Gasteiger partial charge in [-0.05, 0) is 48.0 Å². The molecule has 2 aliphatic heterocycles. The molecular formula is C23H18ClFN2O2. The van der Waals surface area contributed by atoms with Crippen molar-refractivity contribution in [2.24, 2.45) is 5.10 Å². The summed E-state index contributed by atoms with van der Waals surface area (Å²) in [6, 6.07) is 20.5. The number of benzene rings is 3. The topological polar surface area (TPSA) is 34.1 Å². The van der Waals surface area contributed by atoms with Crippen LogP contribution in [0.25, 0.3) is 0 Å². The molecule has 0 amide bonds. The summed E-state index contributed by atoms with van der Waals surface area (Å²) in [7, 11) is 1.65. The lowest BCUT2D eigenvalue weighted by molar-refractivity contribution is -0.0192. The van der Waals surface area contributed by atoms with Gasteiger partial charge in [0, 0.05) is 17.5 Å². The largest absolute Gasteiger partial charge is 0.497 e. The van der Waals surface area contributed by atoms with Gasteiger partial charge in [0.25, 0.3) is 0 Å². The minimum atomic E-state index is -0.530. The molecule has 0 saturated heterocycles. The van der Waals surface area contributed by atoms with E-state index < -0.39 is 12.0 Å². The van der Waals surface area contributed by atoms with E-state index in [1.807, 2.05) is 47.5 Å². The van der Waals surface area contributed by atoms with Crippen LogP contribution in [0.1, 0.15) is 35.4 Å². The van der Waals surface area contributed by atoms with E-state index in [2.05, 4.69) is 6.07 Å². The maximum atomic E-state index is 14.1. The number of para-hydroxylation sites is 1. The van der Waals surface area contributed by atoms with Crippen LogP contribution in [-0.2, 0) is 0 Å². The maximum Gasteiger partial charge on any atom is 0.213 e. The van der Waals surface area contributed by atoms with Crippen molar-refractivity contribution in [2.45, 2.75) is 18.7 Å². The Hall–Kier alpha value is -3.05. The molecule has 0 fully saturated rings. The fourth-order valence-electron chi connectivity index (χ4n) is 3.88. The quantitative estimate of drug-likeness (QED) is 0.555. The first-order valence-electron chi connectivity index (χ1n) is 9.35. The summed E-state index contributed by atoms with van der Waals surface area (Å²) < 4.78 is 25.6. The number of hydrogen-bond donors (Lipinski definition) is 0. The third kappa shape index (κ3) is 3.12. The molecular weight excluding hydrogens is 391 g/mol. The molecule has 29 heavy (non-hydrogen) atoms. The summed E-state index contributed by atoms with van der Waals surface area (Å²) >= 11 is 5.87. The van der Waals surface area contributed by atoms with Gasteiger partial charge in [0.15, 0.2) is 0 Å². The van der Waals surface area contributed by atoms with Gasteiger partial charge in [0.2, 0.25) is 6.23 Å². The molecule has 0 aliphatic carbocycles. The van der Waals surface area contributed by atoms with Crippen LogP contribution in [0.2, 0.25) is 5.02 Å². The number of hydrazone groups is 1. The molecule has 2 unspecified atom stereocenters. The Morgan fingerprint density at radius 2 is 1.90 bits per heavy atom. The predicted molar refractivity (Wildman–Crippen MR) is 110 cm³/mol. The number of ether oxygens (including phenoxy) is 2. The van der Waals surface area contributed by atoms with Gasteiger partial charge in [0.1, 0.15) is 17.3 Å². The highest BCUT2D eigenvalue weighted by Gasteiger charge is 2.41. The second-order valence-electron chi connectivity index (χ2n) is 7.06. The Balaban J connectivity index is 1.57. The van der Waals surface area contributed by atoms with Crippen molar-refractivity contribution in [2.75, 3.05) is 7.11 Å². The molecule has 0 N–H and O–H groups in total. The van der Waals surface area contributed by atoms with Gasteiger partial charge in [0.05, 0.1) is 23.9 Å². The van der Waals surface area contributed by atoms with E-state index in [0.717, 1.165) is 34.8 Å². The van der Waals surface area contributed by atoms with E-state index in [1.54, 1.807) is 19.2 Å². The Morgan fingerprint density at radius 1 is 1.10 bits per heavy atom. The number of fused-ring (bicyclic) bond motifs is 3. The molecule has 2 aliphatic rings. The van der Waals surface area contributed by atoms with Crippen molar-refractivity contribution in [1.29, 1.82) is 0 Å².